The van der Waals surface area contributed by atoms with Crippen molar-refractivity contribution in [3.63, 3.8) is 0 Å². The van der Waals surface area contributed by atoms with Crippen LogP contribution in [0.25, 0.3) is 10.6 Å². The van der Waals surface area contributed by atoms with Gasteiger partial charge in [-0.25, -0.2) is 4.98 Å². The molecule has 0 fully saturated rings. The lowest BCUT2D eigenvalue weighted by molar-refractivity contribution is -0.757. The van der Waals surface area contributed by atoms with Crippen LogP contribution >= 0.6 is 11.3 Å². The fourth-order valence-electron chi connectivity index (χ4n) is 1.80. The largest absolute Gasteiger partial charge is 0.573 e. The van der Waals surface area contributed by atoms with E-state index in [2.05, 4.69) is 14.6 Å². The van der Waals surface area contributed by atoms with E-state index in [9.17, 15) is 23.3 Å². The number of hydrogen-bond acceptors (Lipinski definition) is 6. The number of rotatable bonds is 6. The van der Waals surface area contributed by atoms with E-state index in [4.69, 9.17) is 0 Å². The molecule has 0 aliphatic carbocycles. The Morgan fingerprint density at radius 1 is 1.30 bits per heavy atom. The minimum atomic E-state index is -4.73. The fraction of sp³-hybridized carbons (Fsp3) is 0.308. The summed E-state index contributed by atoms with van der Waals surface area (Å²) in [5.41, 5.74) is 1.33. The van der Waals surface area contributed by atoms with E-state index in [0.717, 1.165) is 4.88 Å². The van der Waals surface area contributed by atoms with Gasteiger partial charge in [0.05, 0.1) is 5.69 Å². The molecule has 0 bridgehead atoms. The van der Waals surface area contributed by atoms with Crippen molar-refractivity contribution in [1.82, 2.24) is 4.98 Å². The lowest BCUT2D eigenvalue weighted by Crippen LogP contribution is -2.16. The van der Waals surface area contributed by atoms with Crippen LogP contribution in [0, 0.1) is 17.0 Å². The minimum Gasteiger partial charge on any atom is -0.406 e. The molecule has 0 saturated carbocycles. The highest BCUT2D eigenvalue weighted by molar-refractivity contribution is 7.15. The first-order valence-corrected chi connectivity index (χ1v) is 7.16. The number of halogens is 3. The zero-order valence-corrected chi connectivity index (χ0v) is 12.6. The van der Waals surface area contributed by atoms with E-state index < -0.39 is 11.4 Å². The Bertz CT molecular complexity index is 686. The highest BCUT2D eigenvalue weighted by Gasteiger charge is 2.31. The summed E-state index contributed by atoms with van der Waals surface area (Å²) in [6.45, 7) is 1.68. The van der Waals surface area contributed by atoms with Crippen LogP contribution in [0.1, 0.15) is 10.6 Å². The monoisotopic (exact) mass is 348 g/mol. The SMILES string of the molecule is Cc1nc(-c2ccc(OC(F)(F)F)cc2)sc1CCO[N+](=O)[O-]. The third-order valence-corrected chi connectivity index (χ3v) is 4.02. The molecule has 0 spiro atoms. The van der Waals surface area contributed by atoms with E-state index in [1.165, 1.54) is 35.6 Å². The molecular weight excluding hydrogens is 337 g/mol. The van der Waals surface area contributed by atoms with Crippen molar-refractivity contribution in [1.29, 1.82) is 0 Å². The molecule has 2 rings (SSSR count). The Kier molecular flexibility index (Phi) is 5.04. The van der Waals surface area contributed by atoms with E-state index in [1.807, 2.05) is 0 Å². The van der Waals surface area contributed by atoms with Gasteiger partial charge in [-0.15, -0.1) is 34.6 Å². The normalized spacial score (nSPS) is 11.3. The lowest BCUT2D eigenvalue weighted by atomic mass is 10.2. The summed E-state index contributed by atoms with van der Waals surface area (Å²) in [7, 11) is 0. The van der Waals surface area contributed by atoms with Crippen LogP contribution in [0.2, 0.25) is 0 Å². The molecule has 23 heavy (non-hydrogen) atoms. The number of benzene rings is 1. The summed E-state index contributed by atoms with van der Waals surface area (Å²) in [5.74, 6) is -0.311. The molecule has 6 nitrogen and oxygen atoms in total. The molecule has 1 aromatic heterocycles. The average Bonchev–Trinajstić information content (AvgIpc) is 2.79. The Hall–Kier alpha value is -2.36. The second-order valence-corrected chi connectivity index (χ2v) is 5.49. The van der Waals surface area contributed by atoms with Crippen LogP contribution in [-0.2, 0) is 11.3 Å². The topological polar surface area (TPSA) is 74.5 Å². The average molecular weight is 348 g/mol. The standard InChI is InChI=1S/C13H11F3N2O4S/c1-8-11(6-7-21-18(19)20)23-12(17-8)9-2-4-10(5-3-9)22-13(14,15)16/h2-5H,6-7H2,1H3. The molecule has 2 aromatic rings. The van der Waals surface area contributed by atoms with Crippen LogP contribution < -0.4 is 4.74 Å². The first-order chi connectivity index (χ1) is 10.7. The van der Waals surface area contributed by atoms with Gasteiger partial charge in [-0.2, -0.15) is 0 Å². The highest BCUT2D eigenvalue weighted by Crippen LogP contribution is 2.30. The van der Waals surface area contributed by atoms with Crippen LogP contribution in [0.5, 0.6) is 5.75 Å². The maximum atomic E-state index is 12.1. The third kappa shape index (κ3) is 5.09. The molecular formula is C13H11F3N2O4S. The van der Waals surface area contributed by atoms with E-state index >= 15 is 0 Å². The van der Waals surface area contributed by atoms with Gasteiger partial charge in [0, 0.05) is 16.9 Å². The quantitative estimate of drug-likeness (QED) is 0.587. The van der Waals surface area contributed by atoms with Crippen molar-refractivity contribution in [3.8, 4) is 16.3 Å². The molecule has 0 radical (unpaired) electrons. The molecule has 0 aliphatic rings. The van der Waals surface area contributed by atoms with Crippen LogP contribution in [0.4, 0.5) is 13.2 Å². The first kappa shape index (κ1) is 17.0. The molecule has 124 valence electrons. The van der Waals surface area contributed by atoms with Gasteiger partial charge < -0.3 is 9.57 Å². The number of aryl methyl sites for hydroxylation is 1. The van der Waals surface area contributed by atoms with E-state index in [1.54, 1.807) is 6.92 Å². The Labute approximate surface area is 132 Å². The van der Waals surface area contributed by atoms with Gasteiger partial charge in [-0.05, 0) is 31.2 Å². The van der Waals surface area contributed by atoms with E-state index in [0.29, 0.717) is 22.7 Å². The molecule has 0 N–H and O–H groups in total. The molecule has 0 aliphatic heterocycles. The highest BCUT2D eigenvalue weighted by atomic mass is 32.1. The molecule has 0 amide bonds. The van der Waals surface area contributed by atoms with Gasteiger partial charge in [-0.3, -0.25) is 0 Å². The number of alkyl halides is 3. The second-order valence-electron chi connectivity index (χ2n) is 4.41. The minimum absolute atomic E-state index is 0.0756. The summed E-state index contributed by atoms with van der Waals surface area (Å²) < 4.78 is 40.1. The van der Waals surface area contributed by atoms with Crippen LogP contribution in [-0.4, -0.2) is 23.0 Å². The molecule has 0 atom stereocenters. The zero-order valence-electron chi connectivity index (χ0n) is 11.8. The predicted octanol–water partition coefficient (Wildman–Crippen LogP) is 3.77. The van der Waals surface area contributed by atoms with Gasteiger partial charge in [-0.1, -0.05) is 0 Å². The number of thiazole rings is 1. The van der Waals surface area contributed by atoms with Gasteiger partial charge in [0.2, 0.25) is 0 Å². The molecule has 0 unspecified atom stereocenters. The van der Waals surface area contributed by atoms with Gasteiger partial charge in [0.1, 0.15) is 17.4 Å². The Balaban J connectivity index is 2.08. The van der Waals surface area contributed by atoms with Gasteiger partial charge in [0.15, 0.2) is 0 Å². The number of nitrogens with zero attached hydrogens (tertiary/aromatic N) is 2. The van der Waals surface area contributed by atoms with Gasteiger partial charge in [0.25, 0.3) is 5.09 Å². The van der Waals surface area contributed by atoms with Crippen molar-refractivity contribution in [2.75, 3.05) is 6.61 Å². The van der Waals surface area contributed by atoms with Crippen LogP contribution in [0.3, 0.4) is 0 Å². The zero-order chi connectivity index (χ0) is 17.0. The van der Waals surface area contributed by atoms with Crippen LogP contribution in [0.15, 0.2) is 24.3 Å². The maximum absolute atomic E-state index is 12.1. The predicted molar refractivity (Wildman–Crippen MR) is 75.6 cm³/mol. The van der Waals surface area contributed by atoms with Gasteiger partial charge >= 0.3 is 6.36 Å². The maximum Gasteiger partial charge on any atom is 0.573 e. The smallest absolute Gasteiger partial charge is 0.406 e. The summed E-state index contributed by atoms with van der Waals surface area (Å²) in [6.07, 6.45) is -4.40. The summed E-state index contributed by atoms with van der Waals surface area (Å²) in [5, 5.41) is 9.86. The molecule has 1 heterocycles. The fourth-order valence-corrected chi connectivity index (χ4v) is 2.84. The number of aromatic nitrogens is 1. The second kappa shape index (κ2) is 6.82. The lowest BCUT2D eigenvalue weighted by Gasteiger charge is -2.08. The summed E-state index contributed by atoms with van der Waals surface area (Å²) >= 11 is 1.31. The number of hydrogen-bond donors (Lipinski definition) is 0. The molecule has 0 saturated heterocycles. The van der Waals surface area contributed by atoms with Crippen molar-refractivity contribution in [2.45, 2.75) is 19.7 Å². The summed E-state index contributed by atoms with van der Waals surface area (Å²) in [6, 6.07) is 5.34. The van der Waals surface area contributed by atoms with E-state index in [-0.39, 0.29) is 12.4 Å². The van der Waals surface area contributed by atoms with Crippen molar-refractivity contribution < 1.29 is 27.8 Å². The van der Waals surface area contributed by atoms with Crippen molar-refractivity contribution >= 4 is 11.3 Å². The van der Waals surface area contributed by atoms with Crippen molar-refractivity contribution in [3.05, 3.63) is 45.0 Å². The summed E-state index contributed by atoms with van der Waals surface area (Å²) in [4.78, 5) is 19.5. The molecule has 10 heteroatoms. The first-order valence-electron chi connectivity index (χ1n) is 6.34. The van der Waals surface area contributed by atoms with Crippen molar-refractivity contribution in [2.24, 2.45) is 0 Å². The Morgan fingerprint density at radius 2 is 1.96 bits per heavy atom. The Morgan fingerprint density at radius 3 is 2.52 bits per heavy atom. The molecule has 1 aromatic carbocycles. The third-order valence-electron chi connectivity index (χ3n) is 2.75. The number of ether oxygens (including phenoxy) is 1.